The molecule has 3 heteroatoms. The summed E-state index contributed by atoms with van der Waals surface area (Å²) in [6, 6.07) is 1.90. The number of halogens is 1. The summed E-state index contributed by atoms with van der Waals surface area (Å²) in [7, 11) is 0. The Kier molecular flexibility index (Phi) is 3.55. The van der Waals surface area contributed by atoms with Gasteiger partial charge in [-0.05, 0) is 31.9 Å². The Labute approximate surface area is 83.9 Å². The van der Waals surface area contributed by atoms with Crippen molar-refractivity contribution in [1.29, 1.82) is 0 Å². The van der Waals surface area contributed by atoms with Crippen LogP contribution >= 0.6 is 11.6 Å². The van der Waals surface area contributed by atoms with Crippen LogP contribution in [0.3, 0.4) is 0 Å². The van der Waals surface area contributed by atoms with E-state index >= 15 is 0 Å². The van der Waals surface area contributed by atoms with Crippen molar-refractivity contribution in [3.63, 3.8) is 0 Å². The molecular weight excluding hydrogens is 186 g/mol. The Morgan fingerprint density at radius 1 is 1.54 bits per heavy atom. The third kappa shape index (κ3) is 2.88. The molecule has 0 saturated heterocycles. The highest BCUT2D eigenvalue weighted by atomic mass is 35.5. The van der Waals surface area contributed by atoms with E-state index in [1.54, 1.807) is 6.20 Å². The highest BCUT2D eigenvalue weighted by molar-refractivity contribution is 6.31. The minimum Gasteiger partial charge on any atom is -0.474 e. The summed E-state index contributed by atoms with van der Waals surface area (Å²) in [5.41, 5.74) is 1.13. The molecule has 0 aliphatic carbocycles. The van der Waals surface area contributed by atoms with Crippen molar-refractivity contribution in [2.45, 2.75) is 33.3 Å². The molecule has 1 rings (SSSR count). The predicted molar refractivity (Wildman–Crippen MR) is 54.4 cm³/mol. The van der Waals surface area contributed by atoms with Gasteiger partial charge in [0.05, 0.1) is 6.10 Å². The van der Waals surface area contributed by atoms with Crippen molar-refractivity contribution in [1.82, 2.24) is 4.98 Å². The van der Waals surface area contributed by atoms with E-state index in [0.29, 0.717) is 10.9 Å². The topological polar surface area (TPSA) is 22.1 Å². The quantitative estimate of drug-likeness (QED) is 0.747. The Balaban J connectivity index is 2.85. The second-order valence-corrected chi connectivity index (χ2v) is 3.56. The molecule has 0 radical (unpaired) electrons. The molecule has 13 heavy (non-hydrogen) atoms. The second kappa shape index (κ2) is 4.47. The van der Waals surface area contributed by atoms with Crippen molar-refractivity contribution in [2.24, 2.45) is 0 Å². The first kappa shape index (κ1) is 10.3. The van der Waals surface area contributed by atoms with Crippen LogP contribution in [0.1, 0.15) is 26.3 Å². The third-order valence-electron chi connectivity index (χ3n) is 1.62. The maximum Gasteiger partial charge on any atom is 0.232 e. The number of ether oxygens (including phenoxy) is 1. The molecule has 1 aromatic rings. The summed E-state index contributed by atoms with van der Waals surface area (Å²) in [5.74, 6) is 0.522. The van der Waals surface area contributed by atoms with Crippen LogP contribution in [0, 0.1) is 0 Å². The summed E-state index contributed by atoms with van der Waals surface area (Å²) < 4.78 is 5.40. The van der Waals surface area contributed by atoms with Crippen LogP contribution in [-0.4, -0.2) is 11.1 Å². The van der Waals surface area contributed by atoms with Crippen LogP contribution in [0.25, 0.3) is 0 Å². The van der Waals surface area contributed by atoms with Crippen molar-refractivity contribution in [3.05, 3.63) is 22.8 Å². The van der Waals surface area contributed by atoms with Crippen molar-refractivity contribution in [3.8, 4) is 5.88 Å². The molecule has 0 N–H and O–H groups in total. The summed E-state index contributed by atoms with van der Waals surface area (Å²) >= 11 is 5.96. The number of nitrogens with zero attached hydrogens (tertiary/aromatic N) is 1. The minimum absolute atomic E-state index is 0.109. The number of pyridine rings is 1. The smallest absolute Gasteiger partial charge is 0.232 e. The van der Waals surface area contributed by atoms with Gasteiger partial charge in [0.2, 0.25) is 5.88 Å². The van der Waals surface area contributed by atoms with E-state index in [-0.39, 0.29) is 6.10 Å². The first-order valence-corrected chi connectivity index (χ1v) is 4.82. The lowest BCUT2D eigenvalue weighted by Gasteiger charge is -2.10. The monoisotopic (exact) mass is 199 g/mol. The summed E-state index contributed by atoms with van der Waals surface area (Å²) in [4.78, 5) is 4.14. The summed E-state index contributed by atoms with van der Waals surface area (Å²) in [6.45, 7) is 5.97. The third-order valence-corrected chi connectivity index (χ3v) is 1.89. The van der Waals surface area contributed by atoms with Gasteiger partial charge < -0.3 is 4.74 Å². The van der Waals surface area contributed by atoms with Gasteiger partial charge in [0, 0.05) is 6.20 Å². The zero-order chi connectivity index (χ0) is 9.84. The Morgan fingerprint density at radius 3 is 2.69 bits per heavy atom. The van der Waals surface area contributed by atoms with Gasteiger partial charge in [-0.3, -0.25) is 0 Å². The number of aryl methyl sites for hydroxylation is 1. The van der Waals surface area contributed by atoms with Crippen LogP contribution in [0.5, 0.6) is 5.88 Å². The number of aromatic nitrogens is 1. The Morgan fingerprint density at radius 2 is 2.23 bits per heavy atom. The van der Waals surface area contributed by atoms with Gasteiger partial charge in [-0.25, -0.2) is 4.98 Å². The fraction of sp³-hybridized carbons (Fsp3) is 0.500. The first-order chi connectivity index (χ1) is 6.13. The molecular formula is C10H14ClNO. The maximum absolute atomic E-state index is 5.96. The van der Waals surface area contributed by atoms with Crippen LogP contribution in [0.15, 0.2) is 12.3 Å². The zero-order valence-electron chi connectivity index (χ0n) is 8.17. The molecule has 0 aromatic carbocycles. The largest absolute Gasteiger partial charge is 0.474 e. The van der Waals surface area contributed by atoms with Gasteiger partial charge in [0.15, 0.2) is 0 Å². The number of hydrogen-bond donors (Lipinski definition) is 0. The normalized spacial score (nSPS) is 10.5. The highest BCUT2D eigenvalue weighted by Crippen LogP contribution is 2.23. The molecule has 0 spiro atoms. The maximum atomic E-state index is 5.96. The van der Waals surface area contributed by atoms with Crippen LogP contribution in [-0.2, 0) is 6.42 Å². The van der Waals surface area contributed by atoms with Gasteiger partial charge in [0.25, 0.3) is 0 Å². The van der Waals surface area contributed by atoms with E-state index in [4.69, 9.17) is 16.3 Å². The molecule has 0 unspecified atom stereocenters. The summed E-state index contributed by atoms with van der Waals surface area (Å²) in [5, 5.41) is 0.591. The van der Waals surface area contributed by atoms with Crippen molar-refractivity contribution in [2.75, 3.05) is 0 Å². The number of rotatable bonds is 3. The van der Waals surface area contributed by atoms with Gasteiger partial charge in [0.1, 0.15) is 5.02 Å². The molecule has 0 bridgehead atoms. The van der Waals surface area contributed by atoms with Crippen molar-refractivity contribution >= 4 is 11.6 Å². The minimum atomic E-state index is 0.109. The lowest BCUT2D eigenvalue weighted by atomic mass is 10.2. The molecule has 0 amide bonds. The van der Waals surface area contributed by atoms with Crippen LogP contribution in [0.4, 0.5) is 0 Å². The molecule has 0 aliphatic heterocycles. The Hall–Kier alpha value is -0.760. The van der Waals surface area contributed by atoms with Gasteiger partial charge in [-0.2, -0.15) is 0 Å². The van der Waals surface area contributed by atoms with Gasteiger partial charge >= 0.3 is 0 Å². The van der Waals surface area contributed by atoms with Gasteiger partial charge in [-0.15, -0.1) is 0 Å². The van der Waals surface area contributed by atoms with Gasteiger partial charge in [-0.1, -0.05) is 18.5 Å². The van der Waals surface area contributed by atoms with E-state index in [9.17, 15) is 0 Å². The zero-order valence-corrected chi connectivity index (χ0v) is 8.93. The number of hydrogen-bond acceptors (Lipinski definition) is 2. The average molecular weight is 200 g/mol. The lowest BCUT2D eigenvalue weighted by molar-refractivity contribution is 0.232. The SMILES string of the molecule is CCc1cnc(OC(C)C)c(Cl)c1. The molecule has 1 heterocycles. The molecule has 1 aromatic heterocycles. The molecule has 72 valence electrons. The van der Waals surface area contributed by atoms with Crippen molar-refractivity contribution < 1.29 is 4.74 Å². The fourth-order valence-electron chi connectivity index (χ4n) is 0.968. The van der Waals surface area contributed by atoms with Crippen LogP contribution in [0.2, 0.25) is 5.02 Å². The van der Waals surface area contributed by atoms with E-state index in [1.165, 1.54) is 0 Å². The van der Waals surface area contributed by atoms with E-state index in [2.05, 4.69) is 11.9 Å². The summed E-state index contributed by atoms with van der Waals surface area (Å²) in [6.07, 6.45) is 2.84. The molecule has 0 atom stereocenters. The Bertz CT molecular complexity index is 286. The second-order valence-electron chi connectivity index (χ2n) is 3.15. The molecule has 2 nitrogen and oxygen atoms in total. The molecule has 0 aliphatic rings. The molecule has 0 fully saturated rings. The van der Waals surface area contributed by atoms with E-state index in [0.717, 1.165) is 12.0 Å². The van der Waals surface area contributed by atoms with Crippen LogP contribution < -0.4 is 4.74 Å². The van der Waals surface area contributed by atoms with E-state index < -0.39 is 0 Å². The standard InChI is InChI=1S/C10H14ClNO/c1-4-8-5-9(11)10(12-6-8)13-7(2)3/h5-7H,4H2,1-3H3. The average Bonchev–Trinajstić information content (AvgIpc) is 2.08. The first-order valence-electron chi connectivity index (χ1n) is 4.44. The van der Waals surface area contributed by atoms with E-state index in [1.807, 2.05) is 19.9 Å². The highest BCUT2D eigenvalue weighted by Gasteiger charge is 2.05. The lowest BCUT2D eigenvalue weighted by Crippen LogP contribution is -2.07. The fourth-order valence-corrected chi connectivity index (χ4v) is 1.20. The molecule has 0 saturated carbocycles. The predicted octanol–water partition coefficient (Wildman–Crippen LogP) is 3.08.